The van der Waals surface area contributed by atoms with Crippen molar-refractivity contribution in [3.8, 4) is 62.2 Å². The Kier molecular flexibility index (Phi) is 8.32. The zero-order chi connectivity index (χ0) is 42.1. The summed E-state index contributed by atoms with van der Waals surface area (Å²) < 4.78 is 4.86. The summed E-state index contributed by atoms with van der Waals surface area (Å²) in [6.45, 7) is 0. The zero-order valence-electron chi connectivity index (χ0n) is 34.4. The normalized spacial score (nSPS) is 11.8. The van der Waals surface area contributed by atoms with Gasteiger partial charge in [0.1, 0.15) is 0 Å². The molecule has 4 aromatic heterocycles. The number of nitrogens with zero attached hydrogens (tertiary/aromatic N) is 5. The Morgan fingerprint density at radius 1 is 0.344 bits per heavy atom. The van der Waals surface area contributed by atoms with Gasteiger partial charge in [-0.05, 0) is 64.4 Å². The molecule has 0 aliphatic carbocycles. The van der Waals surface area contributed by atoms with E-state index in [9.17, 15) is 0 Å². The van der Waals surface area contributed by atoms with E-state index in [-0.39, 0.29) is 0 Å². The van der Waals surface area contributed by atoms with Crippen molar-refractivity contribution in [3.05, 3.63) is 212 Å². The maximum atomic E-state index is 5.43. The molecular weight excluding hydrogens is 799 g/mol. The summed E-state index contributed by atoms with van der Waals surface area (Å²) in [5.74, 6) is 1.86. The lowest BCUT2D eigenvalue weighted by atomic mass is 9.96. The highest BCUT2D eigenvalue weighted by atomic mass is 32.1. The fraction of sp³-hybridized carbons (Fsp3) is 0. The van der Waals surface area contributed by atoms with E-state index < -0.39 is 0 Å². The van der Waals surface area contributed by atoms with Crippen molar-refractivity contribution >= 4 is 75.0 Å². The molecule has 0 aliphatic rings. The third-order valence-corrected chi connectivity index (χ3v) is 13.6. The van der Waals surface area contributed by atoms with E-state index in [0.717, 1.165) is 61.3 Å². The van der Waals surface area contributed by atoms with Gasteiger partial charge in [0, 0.05) is 64.3 Å². The fourth-order valence-electron chi connectivity index (χ4n) is 9.43. The molecule has 0 spiro atoms. The summed E-state index contributed by atoms with van der Waals surface area (Å²) >= 11 is 1.86. The standard InChI is InChI=1S/C58H35N5S/c1-2-15-38(16-3-1)56-60-57(62-58(61-56)42-19-13-20-43(35-42)63-49-25-9-6-22-45(49)46-23-7-10-26-50(46)63)39-30-28-36(29-31-39)40-17-12-18-41(34-40)54-53-47-24-8-11-27-51(47)64-55(53)52-44-21-5-4-14-37(44)32-33-48(52)59-54/h1-35H. The highest BCUT2D eigenvalue weighted by Crippen LogP contribution is 2.45. The molecule has 0 saturated carbocycles. The monoisotopic (exact) mass is 833 g/mol. The molecule has 0 amide bonds. The Bertz CT molecular complexity index is 3910. The minimum absolute atomic E-state index is 0.617. The molecule has 13 aromatic rings. The van der Waals surface area contributed by atoms with Crippen molar-refractivity contribution in [2.24, 2.45) is 0 Å². The summed E-state index contributed by atoms with van der Waals surface area (Å²) in [7, 11) is 0. The van der Waals surface area contributed by atoms with Gasteiger partial charge in [-0.2, -0.15) is 0 Å². The molecule has 298 valence electrons. The second kappa shape index (κ2) is 14.7. The number of para-hydroxylation sites is 2. The predicted octanol–water partition coefficient (Wildman–Crippen LogP) is 15.4. The van der Waals surface area contributed by atoms with Gasteiger partial charge in [-0.25, -0.2) is 19.9 Å². The van der Waals surface area contributed by atoms with Crippen LogP contribution in [-0.2, 0) is 0 Å². The first kappa shape index (κ1) is 36.3. The Hall–Kier alpha value is -8.32. The lowest BCUT2D eigenvalue weighted by molar-refractivity contribution is 1.07. The highest BCUT2D eigenvalue weighted by Gasteiger charge is 2.19. The predicted molar refractivity (Wildman–Crippen MR) is 267 cm³/mol. The first-order valence-corrected chi connectivity index (χ1v) is 22.3. The number of fused-ring (bicyclic) bond motifs is 10. The van der Waals surface area contributed by atoms with Crippen LogP contribution in [0, 0.1) is 0 Å². The second-order valence-electron chi connectivity index (χ2n) is 16.2. The topological polar surface area (TPSA) is 56.5 Å². The third kappa shape index (κ3) is 5.92. The van der Waals surface area contributed by atoms with Gasteiger partial charge in [0.25, 0.3) is 0 Å². The van der Waals surface area contributed by atoms with E-state index >= 15 is 0 Å². The lowest BCUT2D eigenvalue weighted by Gasteiger charge is -2.12. The van der Waals surface area contributed by atoms with E-state index in [2.05, 4.69) is 187 Å². The highest BCUT2D eigenvalue weighted by molar-refractivity contribution is 7.27. The van der Waals surface area contributed by atoms with Crippen molar-refractivity contribution in [2.75, 3.05) is 0 Å². The molecular formula is C58H35N5S. The van der Waals surface area contributed by atoms with Crippen LogP contribution in [0.5, 0.6) is 0 Å². The Morgan fingerprint density at radius 3 is 1.67 bits per heavy atom. The molecule has 0 aliphatic heterocycles. The molecule has 0 saturated heterocycles. The van der Waals surface area contributed by atoms with Gasteiger partial charge in [-0.1, -0.05) is 170 Å². The number of thiophene rings is 1. The van der Waals surface area contributed by atoms with E-state index in [1.165, 1.54) is 47.1 Å². The SMILES string of the molecule is c1ccc(-c2nc(-c3ccc(-c4cccc(-c5nc6ccc7ccccc7c6c6sc7ccccc7c56)c4)cc3)nc(-c3cccc(-n4c5ccccc5c5ccccc54)c3)n2)cc1. The zero-order valence-corrected chi connectivity index (χ0v) is 35.2. The smallest absolute Gasteiger partial charge is 0.164 e. The molecule has 9 aromatic carbocycles. The van der Waals surface area contributed by atoms with Gasteiger partial charge in [-0.3, -0.25) is 0 Å². The molecule has 0 unspecified atom stereocenters. The molecule has 5 nitrogen and oxygen atoms in total. The van der Waals surface area contributed by atoms with Gasteiger partial charge in [0.05, 0.1) is 22.2 Å². The number of hydrogen-bond donors (Lipinski definition) is 0. The number of aromatic nitrogens is 5. The van der Waals surface area contributed by atoms with Gasteiger partial charge in [-0.15, -0.1) is 11.3 Å². The fourth-order valence-corrected chi connectivity index (χ4v) is 10.7. The summed E-state index contributed by atoms with van der Waals surface area (Å²) in [5.41, 5.74) is 11.4. The van der Waals surface area contributed by atoms with Crippen molar-refractivity contribution in [3.63, 3.8) is 0 Å². The van der Waals surface area contributed by atoms with E-state index in [1.54, 1.807) is 0 Å². The van der Waals surface area contributed by atoms with E-state index in [0.29, 0.717) is 17.5 Å². The molecule has 13 rings (SSSR count). The lowest BCUT2D eigenvalue weighted by Crippen LogP contribution is -2.01. The van der Waals surface area contributed by atoms with Crippen LogP contribution in [0.3, 0.4) is 0 Å². The van der Waals surface area contributed by atoms with Crippen LogP contribution in [-0.4, -0.2) is 24.5 Å². The molecule has 4 heterocycles. The summed E-state index contributed by atoms with van der Waals surface area (Å²) in [6.07, 6.45) is 0. The Balaban J connectivity index is 0.905. The van der Waals surface area contributed by atoms with Gasteiger partial charge >= 0.3 is 0 Å². The largest absolute Gasteiger partial charge is 0.309 e. The van der Waals surface area contributed by atoms with Gasteiger partial charge in [0.2, 0.25) is 0 Å². The van der Waals surface area contributed by atoms with Gasteiger partial charge < -0.3 is 4.57 Å². The Morgan fingerprint density at radius 2 is 0.906 bits per heavy atom. The number of benzene rings is 9. The third-order valence-electron chi connectivity index (χ3n) is 12.4. The molecule has 0 radical (unpaired) electrons. The van der Waals surface area contributed by atoms with Crippen molar-refractivity contribution < 1.29 is 0 Å². The molecule has 6 heteroatoms. The van der Waals surface area contributed by atoms with Crippen LogP contribution in [0.2, 0.25) is 0 Å². The summed E-state index contributed by atoms with van der Waals surface area (Å²) in [6, 6.07) is 74.9. The molecule has 0 atom stereocenters. The molecule has 0 N–H and O–H groups in total. The molecule has 64 heavy (non-hydrogen) atoms. The van der Waals surface area contributed by atoms with Gasteiger partial charge in [0.15, 0.2) is 17.5 Å². The molecule has 0 fully saturated rings. The van der Waals surface area contributed by atoms with Crippen LogP contribution in [0.1, 0.15) is 0 Å². The number of pyridine rings is 1. The number of rotatable bonds is 6. The average molecular weight is 834 g/mol. The average Bonchev–Trinajstić information content (AvgIpc) is 3.93. The van der Waals surface area contributed by atoms with Crippen molar-refractivity contribution in [1.29, 1.82) is 0 Å². The number of hydrogen-bond acceptors (Lipinski definition) is 5. The summed E-state index contributed by atoms with van der Waals surface area (Å²) in [5, 5.41) is 8.57. The minimum atomic E-state index is 0.617. The maximum absolute atomic E-state index is 5.43. The van der Waals surface area contributed by atoms with Crippen LogP contribution >= 0.6 is 11.3 Å². The van der Waals surface area contributed by atoms with Crippen LogP contribution < -0.4 is 0 Å². The van der Waals surface area contributed by atoms with Crippen LogP contribution in [0.4, 0.5) is 0 Å². The Labute approximate surface area is 372 Å². The first-order chi connectivity index (χ1) is 31.7. The van der Waals surface area contributed by atoms with Crippen molar-refractivity contribution in [2.45, 2.75) is 0 Å². The quantitative estimate of drug-likeness (QED) is 0.157. The molecule has 0 bridgehead atoms. The first-order valence-electron chi connectivity index (χ1n) is 21.5. The minimum Gasteiger partial charge on any atom is -0.309 e. The van der Waals surface area contributed by atoms with E-state index in [4.69, 9.17) is 19.9 Å². The van der Waals surface area contributed by atoms with Crippen LogP contribution in [0.15, 0.2) is 212 Å². The maximum Gasteiger partial charge on any atom is 0.164 e. The second-order valence-corrected chi connectivity index (χ2v) is 17.2. The van der Waals surface area contributed by atoms with E-state index in [1.807, 2.05) is 41.7 Å². The van der Waals surface area contributed by atoms with Crippen LogP contribution in [0.25, 0.3) is 126 Å². The van der Waals surface area contributed by atoms with Crippen molar-refractivity contribution in [1.82, 2.24) is 24.5 Å². The summed E-state index contributed by atoms with van der Waals surface area (Å²) in [4.78, 5) is 20.7.